The van der Waals surface area contributed by atoms with Gasteiger partial charge >= 0.3 is 0 Å². The second-order valence-corrected chi connectivity index (χ2v) is 4.62. The van der Waals surface area contributed by atoms with Crippen LogP contribution in [0.2, 0.25) is 0 Å². The molecule has 1 aliphatic heterocycles. The molecule has 0 unspecified atom stereocenters. The number of fused-ring (bicyclic) bond motifs is 1. The fraction of sp³-hybridized carbons (Fsp3) is 0.125. The van der Waals surface area contributed by atoms with Crippen molar-refractivity contribution in [3.8, 4) is 11.5 Å². The van der Waals surface area contributed by atoms with E-state index >= 15 is 0 Å². The van der Waals surface area contributed by atoms with Gasteiger partial charge in [-0.2, -0.15) is 5.10 Å². The second-order valence-electron chi connectivity index (χ2n) is 4.62. The van der Waals surface area contributed by atoms with Crippen LogP contribution in [0.5, 0.6) is 11.5 Å². The minimum Gasteiger partial charge on any atom is -0.454 e. The summed E-state index contributed by atoms with van der Waals surface area (Å²) in [4.78, 5) is 12.0. The van der Waals surface area contributed by atoms with Crippen LogP contribution in [-0.2, 0) is 0 Å². The summed E-state index contributed by atoms with van der Waals surface area (Å²) in [6.45, 7) is 2.17. The van der Waals surface area contributed by atoms with E-state index in [0.717, 1.165) is 11.1 Å². The van der Waals surface area contributed by atoms with Crippen LogP contribution in [0.15, 0.2) is 47.6 Å². The van der Waals surface area contributed by atoms with Crippen molar-refractivity contribution in [2.45, 2.75) is 6.92 Å². The molecular weight excluding hydrogens is 268 g/mol. The minimum atomic E-state index is -0.293. The van der Waals surface area contributed by atoms with Crippen molar-refractivity contribution in [2.75, 3.05) is 6.79 Å². The molecular formula is C16H14N2O3. The van der Waals surface area contributed by atoms with Crippen molar-refractivity contribution < 1.29 is 14.3 Å². The van der Waals surface area contributed by atoms with Crippen molar-refractivity contribution in [2.24, 2.45) is 5.10 Å². The van der Waals surface area contributed by atoms with Gasteiger partial charge in [0, 0.05) is 5.56 Å². The Bertz CT molecular complexity index is 710. The van der Waals surface area contributed by atoms with Gasteiger partial charge in [0.1, 0.15) is 0 Å². The van der Waals surface area contributed by atoms with Gasteiger partial charge in [-0.3, -0.25) is 4.79 Å². The molecule has 5 nitrogen and oxygen atoms in total. The maximum Gasteiger partial charge on any atom is 0.271 e. The lowest BCUT2D eigenvalue weighted by Gasteiger charge is -2.02. The predicted molar refractivity (Wildman–Crippen MR) is 78.8 cm³/mol. The van der Waals surface area contributed by atoms with Crippen molar-refractivity contribution >= 4 is 12.1 Å². The quantitative estimate of drug-likeness (QED) is 0.695. The Kier molecular flexibility index (Phi) is 3.55. The molecule has 3 rings (SSSR count). The highest BCUT2D eigenvalue weighted by atomic mass is 16.7. The number of hydrogen-bond donors (Lipinski definition) is 1. The van der Waals surface area contributed by atoms with E-state index in [9.17, 15) is 4.79 Å². The monoisotopic (exact) mass is 282 g/mol. The van der Waals surface area contributed by atoms with Gasteiger partial charge in [-0.15, -0.1) is 0 Å². The van der Waals surface area contributed by atoms with Gasteiger partial charge in [-0.05, 0) is 36.2 Å². The molecule has 0 aliphatic carbocycles. The van der Waals surface area contributed by atoms with Crippen LogP contribution >= 0.6 is 0 Å². The summed E-state index contributed by atoms with van der Waals surface area (Å²) in [6, 6.07) is 12.8. The summed E-state index contributed by atoms with van der Waals surface area (Å²) >= 11 is 0. The summed E-state index contributed by atoms with van der Waals surface area (Å²) in [6.07, 6.45) is 1.63. The van der Waals surface area contributed by atoms with Crippen molar-refractivity contribution in [3.63, 3.8) is 0 Å². The van der Waals surface area contributed by atoms with Crippen LogP contribution in [0, 0.1) is 6.92 Å². The lowest BCUT2D eigenvalue weighted by Crippen LogP contribution is -2.17. The number of hydrazone groups is 1. The maximum atomic E-state index is 12.0. The number of ether oxygens (including phenoxy) is 2. The standard InChI is InChI=1S/C16H14N2O3/c1-11-4-2-3-5-13(11)9-17-18-16(19)12-6-7-14-15(8-12)21-10-20-14/h2-9H,10H2,1H3,(H,18,19)/b17-9+. The molecule has 1 aliphatic rings. The minimum absolute atomic E-state index is 0.186. The molecule has 106 valence electrons. The molecule has 2 aromatic carbocycles. The van der Waals surface area contributed by atoms with Gasteiger partial charge in [0.2, 0.25) is 6.79 Å². The van der Waals surface area contributed by atoms with Gasteiger partial charge in [-0.1, -0.05) is 24.3 Å². The third-order valence-electron chi connectivity index (χ3n) is 3.19. The zero-order chi connectivity index (χ0) is 14.7. The number of rotatable bonds is 3. The van der Waals surface area contributed by atoms with Gasteiger partial charge in [0.15, 0.2) is 11.5 Å². The fourth-order valence-electron chi connectivity index (χ4n) is 1.99. The Morgan fingerprint density at radius 1 is 1.19 bits per heavy atom. The number of hydrogen-bond acceptors (Lipinski definition) is 4. The third-order valence-corrected chi connectivity index (χ3v) is 3.19. The summed E-state index contributed by atoms with van der Waals surface area (Å²) in [7, 11) is 0. The van der Waals surface area contributed by atoms with E-state index < -0.39 is 0 Å². The van der Waals surface area contributed by atoms with Crippen LogP contribution in [0.3, 0.4) is 0 Å². The number of nitrogens with zero attached hydrogens (tertiary/aromatic N) is 1. The van der Waals surface area contributed by atoms with Crippen LogP contribution in [-0.4, -0.2) is 18.9 Å². The highest BCUT2D eigenvalue weighted by molar-refractivity contribution is 5.95. The Balaban J connectivity index is 1.68. The molecule has 0 bridgehead atoms. The lowest BCUT2D eigenvalue weighted by atomic mass is 10.1. The first-order valence-electron chi connectivity index (χ1n) is 6.53. The van der Waals surface area contributed by atoms with Gasteiger partial charge in [0.25, 0.3) is 5.91 Å². The molecule has 0 radical (unpaired) electrons. The molecule has 0 aromatic heterocycles. The Morgan fingerprint density at radius 2 is 2.00 bits per heavy atom. The zero-order valence-corrected chi connectivity index (χ0v) is 11.5. The first-order chi connectivity index (χ1) is 10.2. The Labute approximate surface area is 122 Å². The predicted octanol–water partition coefficient (Wildman–Crippen LogP) is 2.49. The highest BCUT2D eigenvalue weighted by Gasteiger charge is 2.15. The van der Waals surface area contributed by atoms with Crippen molar-refractivity contribution in [1.29, 1.82) is 0 Å². The molecule has 0 saturated heterocycles. The van der Waals surface area contributed by atoms with E-state index in [1.54, 1.807) is 24.4 Å². The smallest absolute Gasteiger partial charge is 0.271 e. The lowest BCUT2D eigenvalue weighted by molar-refractivity contribution is 0.0954. The van der Waals surface area contributed by atoms with Crippen LogP contribution in [0.4, 0.5) is 0 Å². The summed E-state index contributed by atoms with van der Waals surface area (Å²) in [5.74, 6) is 0.929. The van der Waals surface area contributed by atoms with E-state index in [1.807, 2.05) is 31.2 Å². The van der Waals surface area contributed by atoms with Crippen molar-refractivity contribution in [1.82, 2.24) is 5.43 Å². The van der Waals surface area contributed by atoms with Gasteiger partial charge < -0.3 is 9.47 Å². The largest absolute Gasteiger partial charge is 0.454 e. The number of carbonyl (C=O) groups excluding carboxylic acids is 1. The molecule has 1 heterocycles. The first-order valence-corrected chi connectivity index (χ1v) is 6.53. The summed E-state index contributed by atoms with van der Waals surface area (Å²) < 4.78 is 10.4. The number of nitrogens with one attached hydrogen (secondary N) is 1. The fourth-order valence-corrected chi connectivity index (χ4v) is 1.99. The Hall–Kier alpha value is -2.82. The van der Waals surface area contributed by atoms with Crippen LogP contribution in [0.1, 0.15) is 21.5 Å². The molecule has 5 heteroatoms. The van der Waals surface area contributed by atoms with Crippen LogP contribution in [0.25, 0.3) is 0 Å². The van der Waals surface area contributed by atoms with Gasteiger partial charge in [0.05, 0.1) is 6.21 Å². The molecule has 0 atom stereocenters. The van der Waals surface area contributed by atoms with Gasteiger partial charge in [-0.25, -0.2) is 5.43 Å². The highest BCUT2D eigenvalue weighted by Crippen LogP contribution is 2.32. The number of aryl methyl sites for hydroxylation is 1. The molecule has 0 fully saturated rings. The summed E-state index contributed by atoms with van der Waals surface area (Å²) in [5, 5.41) is 3.98. The normalized spacial score (nSPS) is 12.6. The van der Waals surface area contributed by atoms with E-state index in [0.29, 0.717) is 17.1 Å². The number of amides is 1. The number of carbonyl (C=O) groups is 1. The zero-order valence-electron chi connectivity index (χ0n) is 11.5. The first kappa shape index (κ1) is 13.2. The molecule has 1 amide bonds. The number of benzene rings is 2. The van der Waals surface area contributed by atoms with E-state index in [2.05, 4.69) is 10.5 Å². The van der Waals surface area contributed by atoms with E-state index in [1.165, 1.54) is 0 Å². The van der Waals surface area contributed by atoms with E-state index in [4.69, 9.17) is 9.47 Å². The average Bonchev–Trinajstić information content (AvgIpc) is 2.96. The summed E-state index contributed by atoms with van der Waals surface area (Å²) in [5.41, 5.74) is 5.03. The molecule has 2 aromatic rings. The van der Waals surface area contributed by atoms with Crippen LogP contribution < -0.4 is 14.9 Å². The molecule has 0 saturated carbocycles. The third kappa shape index (κ3) is 2.86. The molecule has 21 heavy (non-hydrogen) atoms. The maximum absolute atomic E-state index is 12.0. The average molecular weight is 282 g/mol. The topological polar surface area (TPSA) is 59.9 Å². The molecule has 0 spiro atoms. The second kappa shape index (κ2) is 5.66. The molecule has 1 N–H and O–H groups in total. The Morgan fingerprint density at radius 3 is 2.86 bits per heavy atom. The SMILES string of the molecule is Cc1ccccc1/C=N/NC(=O)c1ccc2c(c1)OCO2. The van der Waals surface area contributed by atoms with E-state index in [-0.39, 0.29) is 12.7 Å². The van der Waals surface area contributed by atoms with Crippen molar-refractivity contribution in [3.05, 3.63) is 59.2 Å².